The van der Waals surface area contributed by atoms with E-state index in [1.165, 1.54) is 6.08 Å². The van der Waals surface area contributed by atoms with Crippen molar-refractivity contribution in [3.63, 3.8) is 0 Å². The van der Waals surface area contributed by atoms with E-state index in [-0.39, 0.29) is 23.5 Å². The summed E-state index contributed by atoms with van der Waals surface area (Å²) in [5.41, 5.74) is 0.850. The lowest BCUT2D eigenvalue weighted by Gasteiger charge is -2.10. The van der Waals surface area contributed by atoms with Crippen molar-refractivity contribution in [3.8, 4) is 11.5 Å². The van der Waals surface area contributed by atoms with Gasteiger partial charge in [-0.05, 0) is 39.2 Å². The van der Waals surface area contributed by atoms with Gasteiger partial charge >= 0.3 is 0 Å². The van der Waals surface area contributed by atoms with E-state index in [9.17, 15) is 8.78 Å². The highest BCUT2D eigenvalue weighted by Crippen LogP contribution is 2.27. The molecule has 0 atom stereocenters. The molecule has 8 heteroatoms. The van der Waals surface area contributed by atoms with Crippen molar-refractivity contribution in [1.82, 2.24) is 0 Å². The summed E-state index contributed by atoms with van der Waals surface area (Å²) in [4.78, 5) is 5.05. The molecule has 1 rings (SSSR count). The highest BCUT2D eigenvalue weighted by atomic mass is 35.5. The first kappa shape index (κ1) is 21.5. The third-order valence-electron chi connectivity index (χ3n) is 2.83. The zero-order chi connectivity index (χ0) is 18.7. The summed E-state index contributed by atoms with van der Waals surface area (Å²) in [5, 5.41) is 3.81. The van der Waals surface area contributed by atoms with Crippen molar-refractivity contribution in [1.29, 1.82) is 0 Å². The summed E-state index contributed by atoms with van der Waals surface area (Å²) in [6.45, 7) is 4.40. The summed E-state index contributed by atoms with van der Waals surface area (Å²) in [7, 11) is 0. The second-order valence-electron chi connectivity index (χ2n) is 5.30. The quantitative estimate of drug-likeness (QED) is 0.277. The van der Waals surface area contributed by atoms with E-state index < -0.39 is 17.4 Å². The van der Waals surface area contributed by atoms with Gasteiger partial charge in [0.05, 0.1) is 12.3 Å². The fraction of sp³-hybridized carbons (Fsp3) is 0.471. The molecule has 140 valence electrons. The number of hydrogen-bond donors (Lipinski definition) is 0. The molecule has 0 radical (unpaired) electrons. The van der Waals surface area contributed by atoms with Crippen LogP contribution >= 0.6 is 23.2 Å². The lowest BCUT2D eigenvalue weighted by Crippen LogP contribution is -2.03. The number of benzene rings is 1. The van der Waals surface area contributed by atoms with Crippen molar-refractivity contribution in [3.05, 3.63) is 34.3 Å². The Kier molecular flexibility index (Phi) is 10.3. The molecule has 1 aromatic rings. The van der Waals surface area contributed by atoms with Gasteiger partial charge in [-0.1, -0.05) is 28.4 Å². The van der Waals surface area contributed by atoms with E-state index in [2.05, 4.69) is 5.16 Å². The molecule has 1 aromatic carbocycles. The number of unbranched alkanes of at least 4 members (excludes halogenated alkanes) is 2. The molecule has 0 heterocycles. The molecule has 0 aliphatic heterocycles. The maximum atomic E-state index is 13.9. The Morgan fingerprint density at radius 3 is 2.28 bits per heavy atom. The van der Waals surface area contributed by atoms with Crippen LogP contribution in [0.5, 0.6) is 11.5 Å². The standard InChI is InChI=1S/C17H21Cl2F2NO3/c1-12(2)22-25-8-5-3-4-7-24-17-14(20)10-13(11-15(17)21)23-9-6-16(18)19/h6,10-11H,3-5,7-9H2,1-2H3. The van der Waals surface area contributed by atoms with Crippen LogP contribution in [0.15, 0.2) is 27.9 Å². The van der Waals surface area contributed by atoms with Gasteiger partial charge < -0.3 is 14.3 Å². The zero-order valence-corrected chi connectivity index (χ0v) is 15.7. The van der Waals surface area contributed by atoms with Crippen molar-refractivity contribution in [2.75, 3.05) is 19.8 Å². The molecule has 0 bridgehead atoms. The predicted molar refractivity (Wildman–Crippen MR) is 95.7 cm³/mol. The average Bonchev–Trinajstić information content (AvgIpc) is 2.51. The number of nitrogens with zero attached hydrogens (tertiary/aromatic N) is 1. The van der Waals surface area contributed by atoms with Crippen LogP contribution in [0.4, 0.5) is 8.78 Å². The molecular weight excluding hydrogens is 375 g/mol. The van der Waals surface area contributed by atoms with Gasteiger partial charge in [0.25, 0.3) is 0 Å². The Labute approximate surface area is 156 Å². The summed E-state index contributed by atoms with van der Waals surface area (Å²) in [6, 6.07) is 2.10. The third kappa shape index (κ3) is 9.51. The van der Waals surface area contributed by atoms with Crippen LogP contribution < -0.4 is 9.47 Å². The minimum absolute atomic E-state index is 0.00505. The zero-order valence-electron chi connectivity index (χ0n) is 14.2. The van der Waals surface area contributed by atoms with Gasteiger partial charge in [0.2, 0.25) is 0 Å². The normalized spacial score (nSPS) is 10.2. The van der Waals surface area contributed by atoms with Crippen LogP contribution in [-0.4, -0.2) is 25.5 Å². The highest BCUT2D eigenvalue weighted by molar-refractivity contribution is 6.55. The summed E-state index contributed by atoms with van der Waals surface area (Å²) in [5.74, 6) is -2.04. The fourth-order valence-corrected chi connectivity index (χ4v) is 1.88. The minimum Gasteiger partial charge on any atom is -0.489 e. The number of hydrogen-bond acceptors (Lipinski definition) is 4. The first-order chi connectivity index (χ1) is 11.9. The lowest BCUT2D eigenvalue weighted by atomic mass is 10.2. The topological polar surface area (TPSA) is 40.0 Å². The molecule has 0 aliphatic rings. The molecule has 0 saturated carbocycles. The first-order valence-corrected chi connectivity index (χ1v) is 8.54. The van der Waals surface area contributed by atoms with Crippen molar-refractivity contribution in [2.24, 2.45) is 5.16 Å². The maximum Gasteiger partial charge on any atom is 0.190 e. The van der Waals surface area contributed by atoms with E-state index in [0.717, 1.165) is 30.7 Å². The van der Waals surface area contributed by atoms with Crippen molar-refractivity contribution < 1.29 is 23.1 Å². The SMILES string of the molecule is CC(C)=NOCCCCCOc1c(F)cc(OCC=C(Cl)Cl)cc1F. The molecule has 0 spiro atoms. The van der Waals surface area contributed by atoms with Crippen LogP contribution in [0.3, 0.4) is 0 Å². The average molecular weight is 396 g/mol. The van der Waals surface area contributed by atoms with Crippen LogP contribution in [0.25, 0.3) is 0 Å². The number of ether oxygens (including phenoxy) is 2. The molecule has 0 unspecified atom stereocenters. The Balaban J connectivity index is 2.36. The molecule has 0 N–H and O–H groups in total. The predicted octanol–water partition coefficient (Wildman–Crippen LogP) is 5.62. The van der Waals surface area contributed by atoms with Gasteiger partial charge in [-0.15, -0.1) is 0 Å². The van der Waals surface area contributed by atoms with Crippen LogP contribution in [0.2, 0.25) is 0 Å². The maximum absolute atomic E-state index is 13.9. The number of oxime groups is 1. The molecule has 0 amide bonds. The molecule has 4 nitrogen and oxygen atoms in total. The Bertz CT molecular complexity index is 579. The van der Waals surface area contributed by atoms with Crippen molar-refractivity contribution >= 4 is 28.9 Å². The summed E-state index contributed by atoms with van der Waals surface area (Å²) in [6.07, 6.45) is 3.59. The second-order valence-corrected chi connectivity index (χ2v) is 6.31. The van der Waals surface area contributed by atoms with E-state index in [1.807, 2.05) is 13.8 Å². The fourth-order valence-electron chi connectivity index (χ4n) is 1.75. The van der Waals surface area contributed by atoms with E-state index in [4.69, 9.17) is 37.5 Å². The Morgan fingerprint density at radius 2 is 1.68 bits per heavy atom. The van der Waals surface area contributed by atoms with Gasteiger partial charge in [-0.25, -0.2) is 8.78 Å². The molecule has 25 heavy (non-hydrogen) atoms. The molecular formula is C17H21Cl2F2NO3. The number of halogens is 4. The van der Waals surface area contributed by atoms with Gasteiger partial charge in [0.1, 0.15) is 23.5 Å². The van der Waals surface area contributed by atoms with Crippen LogP contribution in [-0.2, 0) is 4.84 Å². The lowest BCUT2D eigenvalue weighted by molar-refractivity contribution is 0.138. The van der Waals surface area contributed by atoms with Gasteiger partial charge in [0, 0.05) is 12.1 Å². The first-order valence-electron chi connectivity index (χ1n) is 7.79. The van der Waals surface area contributed by atoms with Gasteiger partial charge in [-0.2, -0.15) is 0 Å². The Hall–Kier alpha value is -1.53. The van der Waals surface area contributed by atoms with E-state index in [1.54, 1.807) is 0 Å². The summed E-state index contributed by atoms with van der Waals surface area (Å²) < 4.78 is 38.1. The van der Waals surface area contributed by atoms with E-state index >= 15 is 0 Å². The monoisotopic (exact) mass is 395 g/mol. The smallest absolute Gasteiger partial charge is 0.190 e. The minimum atomic E-state index is -0.827. The van der Waals surface area contributed by atoms with Gasteiger partial charge in [0.15, 0.2) is 17.4 Å². The summed E-state index contributed by atoms with van der Waals surface area (Å²) >= 11 is 10.8. The molecule has 0 fully saturated rings. The molecule has 0 saturated heterocycles. The van der Waals surface area contributed by atoms with Crippen LogP contribution in [0, 0.1) is 11.6 Å². The highest BCUT2D eigenvalue weighted by Gasteiger charge is 2.13. The number of rotatable bonds is 11. The largest absolute Gasteiger partial charge is 0.489 e. The van der Waals surface area contributed by atoms with Crippen LogP contribution in [0.1, 0.15) is 33.1 Å². The van der Waals surface area contributed by atoms with E-state index in [0.29, 0.717) is 13.0 Å². The van der Waals surface area contributed by atoms with Gasteiger partial charge in [-0.3, -0.25) is 0 Å². The molecule has 0 aromatic heterocycles. The molecule has 0 aliphatic carbocycles. The van der Waals surface area contributed by atoms with Crippen molar-refractivity contribution in [2.45, 2.75) is 33.1 Å². The third-order valence-corrected chi connectivity index (χ3v) is 3.14. The second kappa shape index (κ2) is 11.9. The Morgan fingerprint density at radius 1 is 1.04 bits per heavy atom.